The second kappa shape index (κ2) is 10.1. The Kier molecular flexibility index (Phi) is 7.58. The number of aryl methyl sites for hydroxylation is 1. The van der Waals surface area contributed by atoms with E-state index in [-0.39, 0.29) is 0 Å². The van der Waals surface area contributed by atoms with Gasteiger partial charge in [-0.2, -0.15) is 0 Å². The lowest BCUT2D eigenvalue weighted by molar-refractivity contribution is 0.288. The number of alkyl halides is 1. The monoisotopic (exact) mass is 369 g/mol. The molecule has 0 amide bonds. The van der Waals surface area contributed by atoms with Gasteiger partial charge in [-0.15, -0.1) is 11.6 Å². The topological polar surface area (TPSA) is 3.24 Å². The van der Waals surface area contributed by atoms with Crippen LogP contribution in [0.2, 0.25) is 0 Å². The smallest absolute Gasteiger partial charge is 0.0342 e. The first kappa shape index (κ1) is 19.5. The number of benzene rings is 2. The molecule has 1 aliphatic rings. The van der Waals surface area contributed by atoms with Crippen molar-refractivity contribution in [3.8, 4) is 0 Å². The van der Waals surface area contributed by atoms with Gasteiger partial charge in [-0.25, -0.2) is 0 Å². The number of hydrogen-bond acceptors (Lipinski definition) is 1. The molecule has 0 spiro atoms. The molecule has 2 aromatic carbocycles. The Bertz CT molecular complexity index is 637. The highest BCUT2D eigenvalue weighted by molar-refractivity contribution is 6.20. The quantitative estimate of drug-likeness (QED) is 0.485. The summed E-state index contributed by atoms with van der Waals surface area (Å²) in [6.45, 7) is 5.74. The Labute approximate surface area is 164 Å². The average Bonchev–Trinajstić information content (AvgIpc) is 3.12. The summed E-state index contributed by atoms with van der Waals surface area (Å²) in [6.07, 6.45) is 7.12. The molecule has 1 nitrogen and oxygen atoms in total. The van der Waals surface area contributed by atoms with Crippen LogP contribution in [0.25, 0.3) is 0 Å². The Balaban J connectivity index is 1.40. The van der Waals surface area contributed by atoms with E-state index in [1.165, 1.54) is 48.9 Å². The second-order valence-corrected chi connectivity index (χ2v) is 8.24. The fraction of sp³-hybridized carbons (Fsp3) is 0.500. The zero-order valence-corrected chi connectivity index (χ0v) is 16.8. The van der Waals surface area contributed by atoms with Gasteiger partial charge in [0.25, 0.3) is 0 Å². The van der Waals surface area contributed by atoms with Crippen LogP contribution in [0.15, 0.2) is 54.6 Å². The summed E-state index contributed by atoms with van der Waals surface area (Å²) in [6, 6.07) is 20.1. The lowest BCUT2D eigenvalue weighted by Crippen LogP contribution is -2.27. The first-order valence-corrected chi connectivity index (χ1v) is 10.7. The zero-order chi connectivity index (χ0) is 18.2. The summed E-state index contributed by atoms with van der Waals surface area (Å²) in [5.74, 6) is 0.681. The van der Waals surface area contributed by atoms with E-state index in [1.807, 2.05) is 0 Å². The molecule has 0 aromatic heterocycles. The van der Waals surface area contributed by atoms with E-state index in [4.69, 9.17) is 11.6 Å². The van der Waals surface area contributed by atoms with Gasteiger partial charge in [0.15, 0.2) is 0 Å². The van der Waals surface area contributed by atoms with Gasteiger partial charge in [0.1, 0.15) is 0 Å². The molecule has 2 unspecified atom stereocenters. The number of likely N-dealkylation sites (N-methyl/N-ethyl adjacent to an activating group) is 1. The van der Waals surface area contributed by atoms with Gasteiger partial charge in [0, 0.05) is 11.9 Å². The number of hydrogen-bond donors (Lipinski definition) is 0. The van der Waals surface area contributed by atoms with Crippen LogP contribution in [-0.2, 0) is 12.8 Å². The molecular weight excluding hydrogens is 338 g/mol. The van der Waals surface area contributed by atoms with Crippen molar-refractivity contribution < 1.29 is 0 Å². The molecule has 0 heterocycles. The van der Waals surface area contributed by atoms with Gasteiger partial charge in [0.2, 0.25) is 0 Å². The van der Waals surface area contributed by atoms with Crippen molar-refractivity contribution in [2.75, 3.05) is 19.6 Å². The number of halogens is 1. The SMILES string of the molecule is CCN(CCCc1ccc(C2CCC(Cl)C2)cc1)CCc1ccccc1. The molecule has 3 rings (SSSR count). The predicted molar refractivity (Wildman–Crippen MR) is 113 cm³/mol. The molecule has 0 radical (unpaired) electrons. The minimum atomic E-state index is 0.385. The molecule has 0 saturated heterocycles. The van der Waals surface area contributed by atoms with E-state index in [2.05, 4.69) is 66.4 Å². The van der Waals surface area contributed by atoms with E-state index < -0.39 is 0 Å². The molecule has 2 aromatic rings. The highest BCUT2D eigenvalue weighted by Gasteiger charge is 2.23. The summed E-state index contributed by atoms with van der Waals surface area (Å²) in [7, 11) is 0. The van der Waals surface area contributed by atoms with Gasteiger partial charge < -0.3 is 4.90 Å². The first-order chi connectivity index (χ1) is 12.7. The molecule has 26 heavy (non-hydrogen) atoms. The van der Waals surface area contributed by atoms with Crippen molar-refractivity contribution in [1.82, 2.24) is 4.90 Å². The van der Waals surface area contributed by atoms with Crippen LogP contribution < -0.4 is 0 Å². The Hall–Kier alpha value is -1.31. The van der Waals surface area contributed by atoms with Crippen LogP contribution in [-0.4, -0.2) is 29.9 Å². The molecular formula is C24H32ClN. The molecule has 1 aliphatic carbocycles. The van der Waals surface area contributed by atoms with Crippen molar-refractivity contribution >= 4 is 11.6 Å². The van der Waals surface area contributed by atoms with Crippen LogP contribution in [0, 0.1) is 0 Å². The standard InChI is InChI=1S/C24H32ClN/c1-2-26(18-16-20-7-4-3-5-8-20)17-6-9-21-10-12-22(13-11-21)23-14-15-24(25)19-23/h3-5,7-8,10-13,23-24H,2,6,9,14-19H2,1H3. The fourth-order valence-corrected chi connectivity index (χ4v) is 4.39. The Morgan fingerprint density at radius 3 is 2.27 bits per heavy atom. The molecule has 0 aliphatic heterocycles. The number of rotatable bonds is 9. The molecule has 140 valence electrons. The van der Waals surface area contributed by atoms with Gasteiger partial charge in [-0.3, -0.25) is 0 Å². The first-order valence-electron chi connectivity index (χ1n) is 10.2. The lowest BCUT2D eigenvalue weighted by atomic mass is 9.96. The van der Waals surface area contributed by atoms with E-state index >= 15 is 0 Å². The maximum atomic E-state index is 6.26. The zero-order valence-electron chi connectivity index (χ0n) is 16.0. The summed E-state index contributed by atoms with van der Waals surface area (Å²) in [5, 5.41) is 0.385. The molecule has 2 atom stereocenters. The average molecular weight is 370 g/mol. The van der Waals surface area contributed by atoms with Crippen LogP contribution in [0.3, 0.4) is 0 Å². The van der Waals surface area contributed by atoms with Gasteiger partial charge in [-0.1, -0.05) is 61.5 Å². The molecule has 0 N–H and O–H groups in total. The molecule has 1 fully saturated rings. The van der Waals surface area contributed by atoms with E-state index in [1.54, 1.807) is 0 Å². The van der Waals surface area contributed by atoms with Gasteiger partial charge in [0.05, 0.1) is 0 Å². The molecule has 2 heteroatoms. The summed E-state index contributed by atoms with van der Waals surface area (Å²) in [5.41, 5.74) is 4.39. The minimum Gasteiger partial charge on any atom is -0.303 e. The van der Waals surface area contributed by atoms with Crippen molar-refractivity contribution in [3.63, 3.8) is 0 Å². The number of nitrogens with zero attached hydrogens (tertiary/aromatic N) is 1. The third-order valence-electron chi connectivity index (χ3n) is 5.77. The normalized spacial score (nSPS) is 20.0. The Morgan fingerprint density at radius 1 is 0.885 bits per heavy atom. The van der Waals surface area contributed by atoms with E-state index in [0.717, 1.165) is 25.9 Å². The summed E-state index contributed by atoms with van der Waals surface area (Å²) >= 11 is 6.26. The lowest BCUT2D eigenvalue weighted by Gasteiger charge is -2.20. The third kappa shape index (κ3) is 5.86. The van der Waals surface area contributed by atoms with Crippen LogP contribution in [0.4, 0.5) is 0 Å². The largest absolute Gasteiger partial charge is 0.303 e. The summed E-state index contributed by atoms with van der Waals surface area (Å²) in [4.78, 5) is 2.57. The highest BCUT2D eigenvalue weighted by Crippen LogP contribution is 2.37. The van der Waals surface area contributed by atoms with Gasteiger partial charge in [-0.05, 0) is 74.2 Å². The minimum absolute atomic E-state index is 0.385. The highest BCUT2D eigenvalue weighted by atomic mass is 35.5. The fourth-order valence-electron chi connectivity index (χ4n) is 4.05. The molecule has 1 saturated carbocycles. The van der Waals surface area contributed by atoms with Crippen molar-refractivity contribution in [3.05, 3.63) is 71.3 Å². The van der Waals surface area contributed by atoms with Gasteiger partial charge >= 0.3 is 0 Å². The van der Waals surface area contributed by atoms with Crippen molar-refractivity contribution in [1.29, 1.82) is 0 Å². The molecule has 0 bridgehead atoms. The van der Waals surface area contributed by atoms with Crippen molar-refractivity contribution in [2.45, 2.75) is 56.7 Å². The maximum Gasteiger partial charge on any atom is 0.0342 e. The van der Waals surface area contributed by atoms with Crippen molar-refractivity contribution in [2.24, 2.45) is 0 Å². The maximum absolute atomic E-state index is 6.26. The Morgan fingerprint density at radius 2 is 1.62 bits per heavy atom. The van der Waals surface area contributed by atoms with E-state index in [0.29, 0.717) is 11.3 Å². The van der Waals surface area contributed by atoms with Crippen LogP contribution in [0.5, 0.6) is 0 Å². The van der Waals surface area contributed by atoms with Crippen LogP contribution >= 0.6 is 11.6 Å². The second-order valence-electron chi connectivity index (χ2n) is 7.62. The predicted octanol–water partition coefficient (Wildman–Crippen LogP) is 6.06. The van der Waals surface area contributed by atoms with Crippen LogP contribution in [0.1, 0.15) is 55.2 Å². The summed E-state index contributed by atoms with van der Waals surface area (Å²) < 4.78 is 0. The van der Waals surface area contributed by atoms with E-state index in [9.17, 15) is 0 Å². The third-order valence-corrected chi connectivity index (χ3v) is 6.16.